The first-order valence-electron chi connectivity index (χ1n) is 7.66. The van der Waals surface area contributed by atoms with Gasteiger partial charge in [-0.3, -0.25) is 0 Å². The van der Waals surface area contributed by atoms with Gasteiger partial charge in [-0.2, -0.15) is 0 Å². The standard InChI is InChI=1S/C16H29NO3S/c1-5-8-11-21(19)17-15(13-18)12-14(4)9-10-16(6-2)20-7-3/h9-10,13,15,17H,5-8,11-12H2,1-4H3/b14-9+,16-10+. The Kier molecular flexibility index (Phi) is 12.2. The van der Waals surface area contributed by atoms with Crippen LogP contribution in [-0.4, -0.2) is 28.9 Å². The van der Waals surface area contributed by atoms with E-state index in [1.165, 1.54) is 0 Å². The first kappa shape index (κ1) is 20.1. The van der Waals surface area contributed by atoms with Crippen LogP contribution in [0.5, 0.6) is 0 Å². The van der Waals surface area contributed by atoms with E-state index < -0.39 is 17.0 Å². The van der Waals surface area contributed by atoms with Crippen molar-refractivity contribution in [3.8, 4) is 0 Å². The summed E-state index contributed by atoms with van der Waals surface area (Å²) in [5.41, 5.74) is 1.05. The number of unbranched alkanes of at least 4 members (excludes halogenated alkanes) is 1. The maximum absolute atomic E-state index is 11.7. The molecule has 4 nitrogen and oxygen atoms in total. The van der Waals surface area contributed by atoms with Crippen LogP contribution in [0.4, 0.5) is 0 Å². The summed E-state index contributed by atoms with van der Waals surface area (Å²) in [7, 11) is -1.13. The molecule has 0 heterocycles. The molecule has 0 rings (SSSR count). The molecule has 0 aliphatic heterocycles. The fourth-order valence-corrected chi connectivity index (χ4v) is 2.87. The van der Waals surface area contributed by atoms with E-state index in [0.29, 0.717) is 18.8 Å². The second-order valence-electron chi connectivity index (χ2n) is 4.90. The minimum atomic E-state index is -1.13. The van der Waals surface area contributed by atoms with Crippen molar-refractivity contribution in [3.63, 3.8) is 0 Å². The molecule has 0 saturated carbocycles. The Hall–Kier alpha value is -0.940. The summed E-state index contributed by atoms with van der Waals surface area (Å²) >= 11 is 0. The summed E-state index contributed by atoms with van der Waals surface area (Å²) in [5, 5.41) is 0. The maximum atomic E-state index is 11.7. The molecule has 122 valence electrons. The maximum Gasteiger partial charge on any atom is 0.138 e. The Morgan fingerprint density at radius 3 is 2.52 bits per heavy atom. The van der Waals surface area contributed by atoms with Gasteiger partial charge in [-0.05, 0) is 32.8 Å². The quantitative estimate of drug-likeness (QED) is 0.342. The number of allylic oxidation sites excluding steroid dienone is 3. The lowest BCUT2D eigenvalue weighted by Crippen LogP contribution is -2.33. The molecule has 0 fully saturated rings. The van der Waals surface area contributed by atoms with Crippen LogP contribution in [0, 0.1) is 0 Å². The first-order valence-corrected chi connectivity index (χ1v) is 8.98. The van der Waals surface area contributed by atoms with Crippen LogP contribution >= 0.6 is 0 Å². The molecule has 0 aliphatic rings. The van der Waals surface area contributed by atoms with Crippen LogP contribution in [0.15, 0.2) is 23.5 Å². The number of ether oxygens (including phenoxy) is 1. The minimum Gasteiger partial charge on any atom is -0.498 e. The van der Waals surface area contributed by atoms with Gasteiger partial charge in [0.25, 0.3) is 0 Å². The van der Waals surface area contributed by atoms with Crippen LogP contribution in [0.3, 0.4) is 0 Å². The van der Waals surface area contributed by atoms with E-state index in [9.17, 15) is 9.00 Å². The molecule has 0 aromatic heterocycles. The monoisotopic (exact) mass is 315 g/mol. The van der Waals surface area contributed by atoms with Crippen molar-refractivity contribution in [3.05, 3.63) is 23.5 Å². The molecule has 0 bridgehead atoms. The molecule has 21 heavy (non-hydrogen) atoms. The van der Waals surface area contributed by atoms with Gasteiger partial charge in [0.2, 0.25) is 0 Å². The molecule has 0 amide bonds. The van der Waals surface area contributed by atoms with Crippen LogP contribution in [0.1, 0.15) is 53.4 Å². The van der Waals surface area contributed by atoms with Crippen LogP contribution in [-0.2, 0) is 20.5 Å². The van der Waals surface area contributed by atoms with E-state index in [-0.39, 0.29) is 0 Å². The topological polar surface area (TPSA) is 55.4 Å². The Morgan fingerprint density at radius 1 is 1.29 bits per heavy atom. The average Bonchev–Trinajstić information content (AvgIpc) is 2.48. The number of carbonyl (C=O) groups excluding carboxylic acids is 1. The lowest BCUT2D eigenvalue weighted by atomic mass is 10.1. The molecule has 0 spiro atoms. The number of nitrogens with one attached hydrogen (secondary N) is 1. The van der Waals surface area contributed by atoms with E-state index in [2.05, 4.69) is 11.6 Å². The summed E-state index contributed by atoms with van der Waals surface area (Å²) in [5.74, 6) is 1.52. The number of hydrogen-bond donors (Lipinski definition) is 1. The average molecular weight is 315 g/mol. The van der Waals surface area contributed by atoms with Gasteiger partial charge in [0.15, 0.2) is 0 Å². The van der Waals surface area contributed by atoms with Crippen LogP contribution in [0.25, 0.3) is 0 Å². The number of carbonyl (C=O) groups is 1. The molecule has 2 unspecified atom stereocenters. The number of aldehydes is 1. The zero-order valence-electron chi connectivity index (χ0n) is 13.7. The van der Waals surface area contributed by atoms with Crippen molar-refractivity contribution in [2.75, 3.05) is 12.4 Å². The van der Waals surface area contributed by atoms with Crippen molar-refractivity contribution in [1.82, 2.24) is 4.72 Å². The van der Waals surface area contributed by atoms with E-state index in [0.717, 1.165) is 36.9 Å². The molecule has 5 heteroatoms. The van der Waals surface area contributed by atoms with Crippen molar-refractivity contribution in [1.29, 1.82) is 0 Å². The number of rotatable bonds is 12. The molecular weight excluding hydrogens is 286 g/mol. The lowest BCUT2D eigenvalue weighted by Gasteiger charge is -2.12. The molecule has 0 saturated heterocycles. The normalized spacial score (nSPS) is 15.6. The molecule has 0 radical (unpaired) electrons. The van der Waals surface area contributed by atoms with Gasteiger partial charge in [-0.25, -0.2) is 8.93 Å². The van der Waals surface area contributed by atoms with E-state index in [1.54, 1.807) is 0 Å². The van der Waals surface area contributed by atoms with Gasteiger partial charge in [0.1, 0.15) is 6.29 Å². The predicted octanol–water partition coefficient (Wildman–Crippen LogP) is 3.27. The molecule has 0 aromatic carbocycles. The predicted molar refractivity (Wildman–Crippen MR) is 89.3 cm³/mol. The van der Waals surface area contributed by atoms with Crippen molar-refractivity contribution in [2.24, 2.45) is 0 Å². The highest BCUT2D eigenvalue weighted by atomic mass is 32.2. The summed E-state index contributed by atoms with van der Waals surface area (Å²) in [4.78, 5) is 11.1. The highest BCUT2D eigenvalue weighted by Gasteiger charge is 2.10. The van der Waals surface area contributed by atoms with E-state index >= 15 is 0 Å². The minimum absolute atomic E-state index is 0.399. The fourth-order valence-electron chi connectivity index (χ4n) is 1.72. The van der Waals surface area contributed by atoms with Gasteiger partial charge < -0.3 is 9.53 Å². The number of hydrogen-bond acceptors (Lipinski definition) is 3. The Bertz CT molecular complexity index is 378. The van der Waals surface area contributed by atoms with Crippen LogP contribution < -0.4 is 4.72 Å². The van der Waals surface area contributed by atoms with Gasteiger partial charge in [0, 0.05) is 12.2 Å². The zero-order chi connectivity index (χ0) is 16.1. The third kappa shape index (κ3) is 10.4. The largest absolute Gasteiger partial charge is 0.498 e. The third-order valence-corrected chi connectivity index (χ3v) is 4.13. The zero-order valence-corrected chi connectivity index (χ0v) is 14.5. The van der Waals surface area contributed by atoms with E-state index in [4.69, 9.17) is 4.74 Å². The second kappa shape index (κ2) is 12.8. The highest BCUT2D eigenvalue weighted by Crippen LogP contribution is 2.08. The third-order valence-electron chi connectivity index (χ3n) is 2.90. The van der Waals surface area contributed by atoms with Gasteiger partial charge in [-0.15, -0.1) is 0 Å². The van der Waals surface area contributed by atoms with Gasteiger partial charge in [0.05, 0.1) is 29.4 Å². The molecule has 1 N–H and O–H groups in total. The second-order valence-corrected chi connectivity index (χ2v) is 6.24. The summed E-state index contributed by atoms with van der Waals surface area (Å²) in [6.45, 7) is 8.66. The molecular formula is C16H29NO3S. The van der Waals surface area contributed by atoms with Crippen molar-refractivity contribution in [2.45, 2.75) is 59.4 Å². The molecule has 2 atom stereocenters. The summed E-state index contributed by atoms with van der Waals surface area (Å²) in [6.07, 6.45) is 8.02. The molecule has 0 aliphatic carbocycles. The Morgan fingerprint density at radius 2 is 2.00 bits per heavy atom. The Balaban J connectivity index is 4.46. The van der Waals surface area contributed by atoms with Crippen LogP contribution in [0.2, 0.25) is 0 Å². The Labute approximate surface area is 131 Å². The van der Waals surface area contributed by atoms with Crippen molar-refractivity contribution >= 4 is 17.3 Å². The fraction of sp³-hybridized carbons (Fsp3) is 0.688. The molecule has 0 aromatic rings. The smallest absolute Gasteiger partial charge is 0.138 e. The lowest BCUT2D eigenvalue weighted by molar-refractivity contribution is -0.109. The first-order chi connectivity index (χ1) is 10.1. The van der Waals surface area contributed by atoms with E-state index in [1.807, 2.05) is 32.9 Å². The van der Waals surface area contributed by atoms with Gasteiger partial charge >= 0.3 is 0 Å². The van der Waals surface area contributed by atoms with Gasteiger partial charge in [-0.1, -0.05) is 31.9 Å². The SMILES string of the molecule is CCCCS(=O)NC(C=O)C/C(C)=C/C=C(\CC)OCC. The summed E-state index contributed by atoms with van der Waals surface area (Å²) < 4.78 is 20.1. The van der Waals surface area contributed by atoms with Crippen molar-refractivity contribution < 1.29 is 13.7 Å². The summed E-state index contributed by atoms with van der Waals surface area (Å²) in [6, 6.07) is -0.399. The highest BCUT2D eigenvalue weighted by molar-refractivity contribution is 7.83.